The monoisotopic (exact) mass is 1600 g/mol. The first-order valence-electron chi connectivity index (χ1n) is 36.3. The third kappa shape index (κ3) is 22.8. The van der Waals surface area contributed by atoms with E-state index < -0.39 is 49.5 Å². The van der Waals surface area contributed by atoms with Gasteiger partial charge in [-0.05, 0) is 120 Å². The van der Waals surface area contributed by atoms with Crippen LogP contribution in [0.25, 0.3) is 56.1 Å². The molecule has 26 heteroatoms. The van der Waals surface area contributed by atoms with E-state index in [-0.39, 0.29) is 30.6 Å². The molecule has 0 amide bonds. The fourth-order valence-electron chi connectivity index (χ4n) is 12.8. The van der Waals surface area contributed by atoms with Gasteiger partial charge in [0.2, 0.25) is 0 Å². The molecule has 2 saturated carbocycles. The lowest BCUT2D eigenvalue weighted by Gasteiger charge is -2.38. The van der Waals surface area contributed by atoms with Crippen molar-refractivity contribution in [2.75, 3.05) is 84.5 Å². The first kappa shape index (κ1) is 81.2. The fraction of sp³-hybridized carbons (Fsp3) is 0.532. The van der Waals surface area contributed by atoms with Crippen LogP contribution < -0.4 is 9.80 Å². The molecular formula is C77H110Br2N10O10Si4. The number of anilines is 2. The van der Waals surface area contributed by atoms with Crippen LogP contribution in [0.2, 0.25) is 103 Å². The van der Waals surface area contributed by atoms with Gasteiger partial charge in [-0.2, -0.15) is 19.2 Å². The number of hydrogen-bond donors (Lipinski definition) is 1. The number of benzene rings is 2. The number of ether oxygens (including phenoxy) is 7. The fourth-order valence-corrected chi connectivity index (χ4v) is 17.5. The largest absolute Gasteiger partial charge is 0.469 e. The Hall–Kier alpha value is -5.89. The van der Waals surface area contributed by atoms with E-state index in [0.717, 1.165) is 132 Å². The zero-order valence-corrected chi connectivity index (χ0v) is 70.6. The molecule has 2 fully saturated rings. The molecule has 1 N–H and O–H groups in total. The van der Waals surface area contributed by atoms with Crippen molar-refractivity contribution in [2.24, 2.45) is 0 Å². The normalized spacial score (nSPS) is 18.2. The van der Waals surface area contributed by atoms with E-state index in [9.17, 15) is 14.7 Å². The van der Waals surface area contributed by atoms with Gasteiger partial charge in [0.1, 0.15) is 26.9 Å². The molecule has 0 aliphatic heterocycles. The third-order valence-electron chi connectivity index (χ3n) is 19.5. The van der Waals surface area contributed by atoms with Crippen LogP contribution in [0.4, 0.5) is 11.6 Å². The number of rotatable bonds is 33. The highest BCUT2D eigenvalue weighted by Crippen LogP contribution is 2.47. The highest BCUT2D eigenvalue weighted by atomic mass is 79.9. The molecule has 558 valence electrons. The number of methoxy groups -OCH3 is 3. The van der Waals surface area contributed by atoms with Gasteiger partial charge in [-0.3, -0.25) is 19.6 Å². The maximum absolute atomic E-state index is 12.3. The predicted molar refractivity (Wildman–Crippen MR) is 430 cm³/mol. The molecule has 6 heterocycles. The van der Waals surface area contributed by atoms with Crippen molar-refractivity contribution in [1.29, 1.82) is 0 Å². The molecule has 0 bridgehead atoms. The number of esters is 2. The Morgan fingerprint density at radius 3 is 1.16 bits per heavy atom. The van der Waals surface area contributed by atoms with Gasteiger partial charge in [0, 0.05) is 123 Å². The maximum Gasteiger partial charge on any atom is 0.308 e. The summed E-state index contributed by atoms with van der Waals surface area (Å²) >= 11 is 8.03. The quantitative estimate of drug-likeness (QED) is 0.0175. The van der Waals surface area contributed by atoms with Crippen LogP contribution in [0, 0.1) is 0 Å². The third-order valence-corrected chi connectivity index (χ3v) is 27.8. The SMILES string of the molecule is COC(=O)CC1(O)CCC(c2nc3c(-c4ccc(-c5ccccc5)nc4)cnn3c(N(COCC[Si](C)(C)C)COCC[Si](C)(C)C)c2Br)CC1.COC(=O)CC1(OC)CCC(c2nc3c(-c4ccc(-c5ccccc5)nc4)cnn3c(N(COCC[Si](C)(C)C)COCC[Si](C)(C)C)c2Br)CC1. The van der Waals surface area contributed by atoms with Crippen molar-refractivity contribution in [3.05, 3.63) is 130 Å². The Labute approximate surface area is 631 Å². The second-order valence-electron chi connectivity index (χ2n) is 32.6. The van der Waals surface area contributed by atoms with Crippen LogP contribution in [-0.2, 0) is 42.7 Å². The van der Waals surface area contributed by atoms with Crippen LogP contribution in [0.3, 0.4) is 0 Å². The van der Waals surface area contributed by atoms with Gasteiger partial charge in [0.05, 0.1) is 82.4 Å². The zero-order valence-electron chi connectivity index (χ0n) is 63.5. The van der Waals surface area contributed by atoms with Crippen LogP contribution in [-0.4, -0.2) is 174 Å². The summed E-state index contributed by atoms with van der Waals surface area (Å²) in [6.07, 6.45) is 13.1. The van der Waals surface area contributed by atoms with E-state index in [4.69, 9.17) is 63.3 Å². The average Bonchev–Trinajstić information content (AvgIpc) is 1.68. The second-order valence-corrected chi connectivity index (χ2v) is 56.7. The summed E-state index contributed by atoms with van der Waals surface area (Å²) in [5.74, 6) is 1.19. The second kappa shape index (κ2) is 36.1. The molecule has 0 saturated heterocycles. The van der Waals surface area contributed by atoms with E-state index in [1.807, 2.05) is 82.3 Å². The van der Waals surface area contributed by atoms with E-state index >= 15 is 0 Å². The Balaban J connectivity index is 0.000000239. The van der Waals surface area contributed by atoms with E-state index in [2.05, 4.69) is 157 Å². The molecule has 0 radical (unpaired) electrons. The summed E-state index contributed by atoms with van der Waals surface area (Å²) < 4.78 is 46.8. The average molecular weight is 1610 g/mol. The van der Waals surface area contributed by atoms with Crippen LogP contribution >= 0.6 is 31.9 Å². The van der Waals surface area contributed by atoms with E-state index in [1.54, 1.807) is 7.11 Å². The van der Waals surface area contributed by atoms with Crippen LogP contribution in [0.15, 0.2) is 119 Å². The minimum atomic E-state index is -1.29. The van der Waals surface area contributed by atoms with Crippen molar-refractivity contribution in [2.45, 2.75) is 190 Å². The van der Waals surface area contributed by atoms with Crippen molar-refractivity contribution >= 4 is 99.0 Å². The molecule has 2 aliphatic rings. The van der Waals surface area contributed by atoms with Gasteiger partial charge in [-0.25, -0.2) is 9.97 Å². The molecule has 20 nitrogen and oxygen atoms in total. The number of aromatic nitrogens is 8. The highest BCUT2D eigenvalue weighted by Gasteiger charge is 2.41. The molecule has 0 unspecified atom stereocenters. The van der Waals surface area contributed by atoms with Gasteiger partial charge in [0.15, 0.2) is 22.9 Å². The number of hydrogen-bond acceptors (Lipinski definition) is 18. The lowest BCUT2D eigenvalue weighted by molar-refractivity contribution is -0.150. The lowest BCUT2D eigenvalue weighted by atomic mass is 9.75. The molecule has 8 aromatic rings. The number of carbonyl (C=O) groups excluding carboxylic acids is 2. The lowest BCUT2D eigenvalue weighted by Crippen LogP contribution is -2.38. The van der Waals surface area contributed by atoms with Gasteiger partial charge in [-0.15, -0.1) is 0 Å². The Kier molecular flexibility index (Phi) is 28.5. The van der Waals surface area contributed by atoms with Crippen molar-refractivity contribution in [1.82, 2.24) is 39.2 Å². The minimum Gasteiger partial charge on any atom is -0.469 e. The van der Waals surface area contributed by atoms with Gasteiger partial charge < -0.3 is 48.1 Å². The van der Waals surface area contributed by atoms with Crippen molar-refractivity contribution < 1.29 is 47.9 Å². The van der Waals surface area contributed by atoms with Gasteiger partial charge in [-0.1, -0.05) is 151 Å². The maximum atomic E-state index is 12.3. The molecule has 0 atom stereocenters. The number of pyridine rings is 2. The van der Waals surface area contributed by atoms with Crippen molar-refractivity contribution in [3.63, 3.8) is 0 Å². The first-order chi connectivity index (χ1) is 48.9. The summed E-state index contributed by atoms with van der Waals surface area (Å²) in [6.45, 7) is 32.4. The standard InChI is InChI=1S/C39H56BrN5O5Si2.C38H54BrN5O5Si2/c1-47-34(46)24-39(48-2)18-16-30(17-19-39)36-35(40)38(44(27-49-20-22-51(3,4)5)28-50-21-23-52(6,7)8)45-37(43-36)32(26-42-45)31-14-15-33(41-25-31)29-12-10-9-11-13-29;1-47-33(45)23-38(46)17-15-29(16-18-38)35-34(39)37(43(26-48-19-21-50(2,3)4)27-49-20-22-51(5,6)7)44-36(42-35)31(25-41-44)30-13-14-32(40-24-30)28-11-9-8-10-12-28/h9-15,25-26,30H,16-24,27-28H2,1-8H3;8-14,24-25,29,46H,15-23,26-27H2,1-7H3. The number of carbonyl (C=O) groups is 2. The van der Waals surface area contributed by atoms with Gasteiger partial charge in [0.25, 0.3) is 0 Å². The predicted octanol–water partition coefficient (Wildman–Crippen LogP) is 17.9. The van der Waals surface area contributed by atoms with Crippen LogP contribution in [0.5, 0.6) is 0 Å². The van der Waals surface area contributed by atoms with E-state index in [0.29, 0.717) is 84.7 Å². The summed E-state index contributed by atoms with van der Waals surface area (Å²) in [7, 11) is -0.680. The molecule has 0 spiro atoms. The van der Waals surface area contributed by atoms with E-state index in [1.165, 1.54) is 14.2 Å². The van der Waals surface area contributed by atoms with Crippen molar-refractivity contribution in [3.8, 4) is 44.8 Å². The Bertz CT molecular complexity index is 4000. The smallest absolute Gasteiger partial charge is 0.308 e. The Morgan fingerprint density at radius 2 is 0.835 bits per heavy atom. The number of aliphatic hydroxyl groups is 1. The Morgan fingerprint density at radius 1 is 0.485 bits per heavy atom. The summed E-state index contributed by atoms with van der Waals surface area (Å²) in [6, 6.07) is 32.8. The van der Waals surface area contributed by atoms with Gasteiger partial charge >= 0.3 is 11.9 Å². The highest BCUT2D eigenvalue weighted by molar-refractivity contribution is 9.11. The number of halogens is 2. The summed E-state index contributed by atoms with van der Waals surface area (Å²) in [5.41, 5.74) is 9.21. The minimum absolute atomic E-state index is 0.00878. The molecule has 2 aliphatic carbocycles. The molecule has 6 aromatic heterocycles. The topological polar surface area (TPSA) is 212 Å². The molecular weight excluding hydrogens is 1500 g/mol. The van der Waals surface area contributed by atoms with Crippen LogP contribution in [0.1, 0.15) is 87.4 Å². The molecule has 10 rings (SSSR count). The zero-order chi connectivity index (χ0) is 74.3. The molecule has 2 aromatic carbocycles. The summed E-state index contributed by atoms with van der Waals surface area (Å²) in [4.78, 5) is 48.9. The first-order valence-corrected chi connectivity index (χ1v) is 52.7. The summed E-state index contributed by atoms with van der Waals surface area (Å²) in [5, 5.41) is 21.1. The number of fused-ring (bicyclic) bond motifs is 2. The molecule has 103 heavy (non-hydrogen) atoms. The number of nitrogens with zero attached hydrogens (tertiary/aromatic N) is 10.